The molecule has 0 unspecified atom stereocenters. The van der Waals surface area contributed by atoms with Crippen LogP contribution in [0.15, 0.2) is 0 Å². The molecule has 8 heavy (non-hydrogen) atoms. The second-order valence-corrected chi connectivity index (χ2v) is 1.15. The van der Waals surface area contributed by atoms with Crippen LogP contribution in [-0.4, -0.2) is 0 Å². The van der Waals surface area contributed by atoms with Gasteiger partial charge in [-0.05, 0) is 0 Å². The molecule has 0 aromatic rings. The van der Waals surface area contributed by atoms with Crippen molar-refractivity contribution in [3.05, 3.63) is 12.8 Å². The van der Waals surface area contributed by atoms with E-state index < -0.39 is 0 Å². The van der Waals surface area contributed by atoms with E-state index in [1.807, 2.05) is 40.5 Å². The predicted octanol–water partition coefficient (Wildman–Crippen LogP) is 2.34. The van der Waals surface area contributed by atoms with Gasteiger partial charge in [0.05, 0.1) is 0 Å². The van der Waals surface area contributed by atoms with Gasteiger partial charge in [0.2, 0.25) is 0 Å². The predicted molar refractivity (Wildman–Crippen MR) is 32.0 cm³/mol. The second kappa shape index (κ2) is 47.8. The summed E-state index contributed by atoms with van der Waals surface area (Å²) in [5.41, 5.74) is 0. The summed E-state index contributed by atoms with van der Waals surface area (Å²) in [6, 6.07) is 0. The van der Waals surface area contributed by atoms with Crippen LogP contribution in [0.2, 0.25) is 0 Å². The number of rotatable bonds is 0. The molecule has 0 aliphatic carbocycles. The first kappa shape index (κ1) is 23.4. The van der Waals surface area contributed by atoms with Crippen molar-refractivity contribution >= 4 is 0 Å². The standard InChI is InChI=1S/2C3H7.O.Ti/c2*1-3-2;;/h2*3H,1-2H3;;/q2*-1;-2;+4. The maximum absolute atomic E-state index is 2.00. The maximum atomic E-state index is 2.00. The van der Waals surface area contributed by atoms with Gasteiger partial charge in [-0.25, -0.2) is 0 Å². The summed E-state index contributed by atoms with van der Waals surface area (Å²) in [5, 5.41) is 0. The first-order valence-electron chi connectivity index (χ1n) is 2.31. The Bertz CT molecular complexity index is 10.5. The van der Waals surface area contributed by atoms with Crippen LogP contribution in [0.5, 0.6) is 0 Å². The first-order chi connectivity index (χ1) is 2.83. The molecule has 0 heterocycles. The molecule has 0 radical (unpaired) electrons. The zero-order valence-electron chi connectivity index (χ0n) is 6.06. The van der Waals surface area contributed by atoms with Crippen molar-refractivity contribution in [2.45, 2.75) is 27.7 Å². The third-order valence-electron chi connectivity index (χ3n) is 0. The van der Waals surface area contributed by atoms with Crippen LogP contribution in [-0.2, 0) is 27.2 Å². The zero-order valence-corrected chi connectivity index (χ0v) is 7.62. The van der Waals surface area contributed by atoms with Crippen LogP contribution in [0.1, 0.15) is 27.7 Å². The summed E-state index contributed by atoms with van der Waals surface area (Å²) in [6.07, 6.45) is 4.00. The van der Waals surface area contributed by atoms with E-state index in [-0.39, 0.29) is 27.2 Å². The van der Waals surface area contributed by atoms with Gasteiger partial charge >= 0.3 is 21.7 Å². The molecule has 0 bridgehead atoms. The Labute approximate surface area is 68.1 Å². The van der Waals surface area contributed by atoms with Gasteiger partial charge in [0, 0.05) is 0 Å². The Morgan fingerprint density at radius 2 is 0.750 bits per heavy atom. The van der Waals surface area contributed by atoms with Crippen molar-refractivity contribution in [3.63, 3.8) is 0 Å². The molecule has 0 aliphatic heterocycles. The normalized spacial score (nSPS) is 4.50. The van der Waals surface area contributed by atoms with Gasteiger partial charge in [0.15, 0.2) is 0 Å². The smallest absolute Gasteiger partial charge is 2.00 e. The summed E-state index contributed by atoms with van der Waals surface area (Å²) in [5.74, 6) is 0. The van der Waals surface area contributed by atoms with E-state index in [4.69, 9.17) is 0 Å². The molecule has 1 nitrogen and oxygen atoms in total. The monoisotopic (exact) mass is 150 g/mol. The molecule has 0 spiro atoms. The molecule has 0 saturated heterocycles. The quantitative estimate of drug-likeness (QED) is 0.374. The summed E-state index contributed by atoms with van der Waals surface area (Å²) in [6.45, 7) is 8.00. The SMILES string of the molecule is C[CH-]C.C[CH-]C.[O-2].[Ti+4]. The topological polar surface area (TPSA) is 28.5 Å². The van der Waals surface area contributed by atoms with Crippen LogP contribution in [0, 0.1) is 12.8 Å². The molecule has 0 N–H and O–H groups in total. The van der Waals surface area contributed by atoms with Crippen molar-refractivity contribution in [2.75, 3.05) is 0 Å². The Hall–Kier alpha value is 0.674. The van der Waals surface area contributed by atoms with Crippen molar-refractivity contribution in [3.8, 4) is 0 Å². The van der Waals surface area contributed by atoms with Crippen LogP contribution >= 0.6 is 0 Å². The summed E-state index contributed by atoms with van der Waals surface area (Å²) in [4.78, 5) is 0. The largest absolute Gasteiger partial charge is 4.00 e. The molecular weight excluding hydrogens is 136 g/mol. The average Bonchev–Trinajstić information content (AvgIpc) is 1.39. The minimum absolute atomic E-state index is 0. The molecule has 0 atom stereocenters. The molecular formula is C6H14OTi. The fraction of sp³-hybridized carbons (Fsp3) is 0.667. The van der Waals surface area contributed by atoms with E-state index in [9.17, 15) is 0 Å². The Morgan fingerprint density at radius 1 is 0.750 bits per heavy atom. The van der Waals surface area contributed by atoms with Crippen molar-refractivity contribution < 1.29 is 27.2 Å². The van der Waals surface area contributed by atoms with Gasteiger partial charge in [0.1, 0.15) is 0 Å². The molecule has 0 aromatic carbocycles. The van der Waals surface area contributed by atoms with Gasteiger partial charge in [0.25, 0.3) is 0 Å². The first-order valence-corrected chi connectivity index (χ1v) is 2.31. The van der Waals surface area contributed by atoms with Gasteiger partial charge in [-0.2, -0.15) is 27.7 Å². The second-order valence-electron chi connectivity index (χ2n) is 1.15. The zero-order chi connectivity index (χ0) is 5.41. The van der Waals surface area contributed by atoms with E-state index in [2.05, 4.69) is 0 Å². The fourth-order valence-electron chi connectivity index (χ4n) is 0. The molecule has 2 heteroatoms. The third kappa shape index (κ3) is 473. The maximum Gasteiger partial charge on any atom is 4.00 e. The molecule has 0 rings (SSSR count). The van der Waals surface area contributed by atoms with Crippen molar-refractivity contribution in [1.82, 2.24) is 0 Å². The van der Waals surface area contributed by atoms with E-state index in [1.54, 1.807) is 0 Å². The molecule has 0 aromatic heterocycles. The van der Waals surface area contributed by atoms with E-state index in [0.29, 0.717) is 0 Å². The number of hydrogen-bond acceptors (Lipinski definition) is 0. The summed E-state index contributed by atoms with van der Waals surface area (Å²) in [7, 11) is 0. The molecule has 0 fully saturated rings. The summed E-state index contributed by atoms with van der Waals surface area (Å²) < 4.78 is 0. The van der Waals surface area contributed by atoms with Crippen LogP contribution in [0.4, 0.5) is 0 Å². The van der Waals surface area contributed by atoms with E-state index >= 15 is 0 Å². The third-order valence-corrected chi connectivity index (χ3v) is 0. The molecule has 0 saturated carbocycles. The Balaban J connectivity index is -0.0000000160. The molecule has 48 valence electrons. The van der Waals surface area contributed by atoms with Crippen molar-refractivity contribution in [2.24, 2.45) is 0 Å². The summed E-state index contributed by atoms with van der Waals surface area (Å²) >= 11 is 0. The minimum Gasteiger partial charge on any atom is -2.00 e. The van der Waals surface area contributed by atoms with E-state index in [0.717, 1.165) is 0 Å². The molecule has 0 amide bonds. The van der Waals surface area contributed by atoms with E-state index in [1.165, 1.54) is 0 Å². The molecule has 0 aliphatic rings. The number of hydrogen-bond donors (Lipinski definition) is 0. The Kier molecular flexibility index (Phi) is 140. The minimum atomic E-state index is 0. The Morgan fingerprint density at radius 3 is 0.750 bits per heavy atom. The van der Waals surface area contributed by atoms with Crippen LogP contribution in [0.25, 0.3) is 0 Å². The van der Waals surface area contributed by atoms with Gasteiger partial charge < -0.3 is 18.3 Å². The van der Waals surface area contributed by atoms with Crippen LogP contribution < -0.4 is 0 Å². The fourth-order valence-corrected chi connectivity index (χ4v) is 0. The van der Waals surface area contributed by atoms with Gasteiger partial charge in [-0.15, -0.1) is 0 Å². The van der Waals surface area contributed by atoms with Crippen molar-refractivity contribution in [1.29, 1.82) is 0 Å². The van der Waals surface area contributed by atoms with Gasteiger partial charge in [-0.1, -0.05) is 0 Å². The average molecular weight is 150 g/mol. The van der Waals surface area contributed by atoms with Crippen LogP contribution in [0.3, 0.4) is 0 Å². The van der Waals surface area contributed by atoms with Gasteiger partial charge in [-0.3, -0.25) is 0 Å².